The number of aliphatic hydroxyl groups excluding tert-OH is 1. The van der Waals surface area contributed by atoms with Gasteiger partial charge in [-0.2, -0.15) is 0 Å². The highest BCUT2D eigenvalue weighted by atomic mass is 16.3. The normalized spacial score (nSPS) is 10.9. The van der Waals surface area contributed by atoms with Crippen LogP contribution in [0.3, 0.4) is 0 Å². The van der Waals surface area contributed by atoms with Crippen LogP contribution < -0.4 is 0 Å². The maximum atomic E-state index is 12.3. The number of para-hydroxylation sites is 2. The van der Waals surface area contributed by atoms with Crippen LogP contribution in [0.2, 0.25) is 0 Å². The Bertz CT molecular complexity index is 588. The van der Waals surface area contributed by atoms with E-state index in [0.717, 1.165) is 16.9 Å². The lowest BCUT2D eigenvalue weighted by molar-refractivity contribution is -0.131. The van der Waals surface area contributed by atoms with E-state index >= 15 is 0 Å². The number of nitrogens with zero attached hydrogens (tertiary/aromatic N) is 3. The zero-order valence-corrected chi connectivity index (χ0v) is 12.0. The summed E-state index contributed by atoms with van der Waals surface area (Å²) in [6.45, 7) is 5.67. The number of likely N-dealkylation sites (N-methyl/N-ethyl adjacent to an activating group) is 1. The summed E-state index contributed by atoms with van der Waals surface area (Å²) in [4.78, 5) is 18.6. The second-order valence-corrected chi connectivity index (χ2v) is 4.64. The van der Waals surface area contributed by atoms with Crippen molar-refractivity contribution in [1.82, 2.24) is 14.5 Å². The van der Waals surface area contributed by atoms with E-state index in [4.69, 9.17) is 5.11 Å². The van der Waals surface area contributed by atoms with Gasteiger partial charge in [-0.15, -0.1) is 0 Å². The molecule has 0 bridgehead atoms. The average Bonchev–Trinajstić information content (AvgIpc) is 2.79. The number of fused-ring (bicyclic) bond motifs is 1. The molecule has 0 saturated heterocycles. The van der Waals surface area contributed by atoms with Gasteiger partial charge in [0, 0.05) is 19.5 Å². The third kappa shape index (κ3) is 2.82. The van der Waals surface area contributed by atoms with Gasteiger partial charge in [0.1, 0.15) is 12.4 Å². The highest BCUT2D eigenvalue weighted by Gasteiger charge is 2.16. The quantitative estimate of drug-likeness (QED) is 0.868. The van der Waals surface area contributed by atoms with Gasteiger partial charge >= 0.3 is 0 Å². The predicted octanol–water partition coefficient (Wildman–Crippen LogP) is 1.44. The molecule has 0 unspecified atom stereocenters. The first kappa shape index (κ1) is 14.5. The second kappa shape index (κ2) is 6.52. The number of carbonyl (C=O) groups is 1. The smallest absolute Gasteiger partial charge is 0.242 e. The molecule has 108 valence electrons. The molecular weight excluding hydrogens is 254 g/mol. The van der Waals surface area contributed by atoms with E-state index in [9.17, 15) is 4.79 Å². The monoisotopic (exact) mass is 275 g/mol. The molecule has 1 amide bonds. The Labute approximate surface area is 118 Å². The van der Waals surface area contributed by atoms with Gasteiger partial charge in [-0.3, -0.25) is 4.79 Å². The lowest BCUT2D eigenvalue weighted by Gasteiger charge is -2.19. The highest BCUT2D eigenvalue weighted by molar-refractivity contribution is 5.81. The minimum atomic E-state index is 0.0305. The first-order valence-electron chi connectivity index (χ1n) is 7.04. The van der Waals surface area contributed by atoms with Gasteiger partial charge in [-0.05, 0) is 26.0 Å². The standard InChI is InChI=1S/C15H21N3O2/c1-3-17(4-2)15(20)11-18-13-8-6-5-7-12(13)16-14(18)9-10-19/h5-8,19H,3-4,9-11H2,1-2H3. The first-order chi connectivity index (χ1) is 9.71. The van der Waals surface area contributed by atoms with Gasteiger partial charge in [0.15, 0.2) is 0 Å². The maximum absolute atomic E-state index is 12.3. The first-order valence-corrected chi connectivity index (χ1v) is 7.04. The second-order valence-electron chi connectivity index (χ2n) is 4.64. The fourth-order valence-electron chi connectivity index (χ4n) is 2.40. The molecule has 1 N–H and O–H groups in total. The number of aromatic nitrogens is 2. The number of hydrogen-bond donors (Lipinski definition) is 1. The summed E-state index contributed by atoms with van der Waals surface area (Å²) in [5, 5.41) is 9.16. The molecule has 0 aliphatic heterocycles. The van der Waals surface area contributed by atoms with Gasteiger partial charge in [0.2, 0.25) is 5.91 Å². The van der Waals surface area contributed by atoms with Crippen molar-refractivity contribution in [2.45, 2.75) is 26.8 Å². The number of aliphatic hydroxyl groups is 1. The Morgan fingerprint density at radius 1 is 1.30 bits per heavy atom. The van der Waals surface area contributed by atoms with Crippen LogP contribution >= 0.6 is 0 Å². The van der Waals surface area contributed by atoms with Crippen molar-refractivity contribution in [1.29, 1.82) is 0 Å². The van der Waals surface area contributed by atoms with Crippen LogP contribution in [0.15, 0.2) is 24.3 Å². The summed E-state index contributed by atoms with van der Waals surface area (Å²) >= 11 is 0. The SMILES string of the molecule is CCN(CC)C(=O)Cn1c(CCO)nc2ccccc21. The molecule has 0 fully saturated rings. The third-order valence-electron chi connectivity index (χ3n) is 3.48. The predicted molar refractivity (Wildman–Crippen MR) is 78.5 cm³/mol. The minimum Gasteiger partial charge on any atom is -0.396 e. The van der Waals surface area contributed by atoms with Gasteiger partial charge in [0.05, 0.1) is 17.6 Å². The van der Waals surface area contributed by atoms with Gasteiger partial charge in [-0.25, -0.2) is 4.98 Å². The maximum Gasteiger partial charge on any atom is 0.242 e. The molecule has 0 aliphatic rings. The average molecular weight is 275 g/mol. The summed E-state index contributed by atoms with van der Waals surface area (Å²) in [6.07, 6.45) is 0.459. The molecular formula is C15H21N3O2. The molecule has 1 heterocycles. The van der Waals surface area contributed by atoms with E-state index in [1.807, 2.05) is 42.7 Å². The van der Waals surface area contributed by atoms with E-state index in [1.165, 1.54) is 0 Å². The summed E-state index contributed by atoms with van der Waals surface area (Å²) in [6, 6.07) is 7.74. The van der Waals surface area contributed by atoms with Crippen LogP contribution in [-0.2, 0) is 17.8 Å². The topological polar surface area (TPSA) is 58.4 Å². The Hall–Kier alpha value is -1.88. The lowest BCUT2D eigenvalue weighted by atomic mass is 10.3. The Morgan fingerprint density at radius 2 is 2.00 bits per heavy atom. The van der Waals surface area contributed by atoms with Crippen molar-refractivity contribution in [3.63, 3.8) is 0 Å². The Morgan fingerprint density at radius 3 is 2.65 bits per heavy atom. The number of carbonyl (C=O) groups excluding carboxylic acids is 1. The van der Waals surface area contributed by atoms with Crippen molar-refractivity contribution in [2.75, 3.05) is 19.7 Å². The van der Waals surface area contributed by atoms with Crippen LogP contribution in [0.5, 0.6) is 0 Å². The molecule has 0 aliphatic carbocycles. The molecule has 0 atom stereocenters. The summed E-state index contributed by atoms with van der Waals surface area (Å²) in [5.41, 5.74) is 1.81. The molecule has 0 radical (unpaired) electrons. The molecule has 1 aromatic heterocycles. The number of amides is 1. The van der Waals surface area contributed by atoms with Crippen molar-refractivity contribution in [3.8, 4) is 0 Å². The van der Waals surface area contributed by atoms with Crippen LogP contribution in [0, 0.1) is 0 Å². The number of benzene rings is 1. The summed E-state index contributed by atoms with van der Waals surface area (Å²) in [5.74, 6) is 0.839. The van der Waals surface area contributed by atoms with Crippen LogP contribution in [0.4, 0.5) is 0 Å². The molecule has 2 rings (SSSR count). The zero-order chi connectivity index (χ0) is 14.5. The van der Waals surface area contributed by atoms with E-state index < -0.39 is 0 Å². The Kier molecular flexibility index (Phi) is 4.74. The van der Waals surface area contributed by atoms with Gasteiger partial charge in [0.25, 0.3) is 0 Å². The Balaban J connectivity index is 2.36. The summed E-state index contributed by atoms with van der Waals surface area (Å²) in [7, 11) is 0. The fourth-order valence-corrected chi connectivity index (χ4v) is 2.40. The highest BCUT2D eigenvalue weighted by Crippen LogP contribution is 2.16. The largest absolute Gasteiger partial charge is 0.396 e. The van der Waals surface area contributed by atoms with Crippen LogP contribution in [-0.4, -0.2) is 45.2 Å². The number of rotatable bonds is 6. The van der Waals surface area contributed by atoms with Crippen molar-refractivity contribution < 1.29 is 9.90 Å². The van der Waals surface area contributed by atoms with Gasteiger partial charge in [-0.1, -0.05) is 12.1 Å². The van der Waals surface area contributed by atoms with E-state index in [-0.39, 0.29) is 19.1 Å². The molecule has 5 heteroatoms. The van der Waals surface area contributed by atoms with Crippen LogP contribution in [0.1, 0.15) is 19.7 Å². The van der Waals surface area contributed by atoms with Crippen molar-refractivity contribution >= 4 is 16.9 Å². The number of hydrogen-bond acceptors (Lipinski definition) is 3. The molecule has 20 heavy (non-hydrogen) atoms. The molecule has 0 spiro atoms. The van der Waals surface area contributed by atoms with E-state index in [1.54, 1.807) is 4.90 Å². The number of imidazole rings is 1. The molecule has 5 nitrogen and oxygen atoms in total. The molecule has 2 aromatic rings. The van der Waals surface area contributed by atoms with Gasteiger partial charge < -0.3 is 14.6 Å². The zero-order valence-electron chi connectivity index (χ0n) is 12.0. The van der Waals surface area contributed by atoms with E-state index in [2.05, 4.69) is 4.98 Å². The molecule has 1 aromatic carbocycles. The van der Waals surface area contributed by atoms with E-state index in [0.29, 0.717) is 19.5 Å². The molecule has 0 saturated carbocycles. The lowest BCUT2D eigenvalue weighted by Crippen LogP contribution is -2.33. The van der Waals surface area contributed by atoms with Crippen molar-refractivity contribution in [2.24, 2.45) is 0 Å². The third-order valence-corrected chi connectivity index (χ3v) is 3.48. The fraction of sp³-hybridized carbons (Fsp3) is 0.467. The van der Waals surface area contributed by atoms with Crippen LogP contribution in [0.25, 0.3) is 11.0 Å². The van der Waals surface area contributed by atoms with Crippen molar-refractivity contribution in [3.05, 3.63) is 30.1 Å². The minimum absolute atomic E-state index is 0.0305. The summed E-state index contributed by atoms with van der Waals surface area (Å²) < 4.78 is 1.91.